The average molecular weight is 271 g/mol. The first-order valence-electron chi connectivity index (χ1n) is 6.09. The van der Waals surface area contributed by atoms with Crippen molar-refractivity contribution in [2.45, 2.75) is 38.3 Å². The van der Waals surface area contributed by atoms with Crippen molar-refractivity contribution in [3.63, 3.8) is 0 Å². The summed E-state index contributed by atoms with van der Waals surface area (Å²) in [6.45, 7) is 3.76. The summed E-state index contributed by atoms with van der Waals surface area (Å²) in [6, 6.07) is 4.24. The van der Waals surface area contributed by atoms with Crippen LogP contribution in [-0.4, -0.2) is 30.3 Å². The number of esters is 1. The predicted molar refractivity (Wildman–Crippen MR) is 72.6 cm³/mol. The number of nitrogens with one attached hydrogen (secondary N) is 1. The number of hydrogen-bond donors (Lipinski definition) is 2. The van der Waals surface area contributed by atoms with Gasteiger partial charge in [-0.1, -0.05) is 19.4 Å². The third-order valence-corrected chi connectivity index (χ3v) is 3.77. The Balaban J connectivity index is 2.60. The van der Waals surface area contributed by atoms with Crippen LogP contribution in [-0.2, 0) is 9.53 Å². The fourth-order valence-electron chi connectivity index (χ4n) is 1.74. The maximum Gasteiger partial charge on any atom is 0.338 e. The van der Waals surface area contributed by atoms with E-state index in [1.807, 2.05) is 11.4 Å². The van der Waals surface area contributed by atoms with Crippen LogP contribution in [0.1, 0.15) is 37.6 Å². The molecule has 0 aliphatic heterocycles. The first-order chi connectivity index (χ1) is 8.51. The zero-order valence-electron chi connectivity index (χ0n) is 11.1. The van der Waals surface area contributed by atoms with E-state index in [1.165, 1.54) is 18.9 Å². The fraction of sp³-hybridized carbons (Fsp3) is 0.615. The molecule has 1 aromatic heterocycles. The second-order valence-electron chi connectivity index (χ2n) is 4.50. The molecule has 2 unspecified atom stereocenters. The third-order valence-electron chi connectivity index (χ3n) is 2.78. The van der Waals surface area contributed by atoms with Gasteiger partial charge in [0.15, 0.2) is 5.60 Å². The molecule has 0 spiro atoms. The maximum atomic E-state index is 11.4. The largest absolute Gasteiger partial charge is 0.467 e. The molecule has 0 bridgehead atoms. The fourth-order valence-corrected chi connectivity index (χ4v) is 2.57. The Morgan fingerprint density at radius 2 is 2.39 bits per heavy atom. The Bertz CT molecular complexity index is 362. The van der Waals surface area contributed by atoms with Gasteiger partial charge >= 0.3 is 5.97 Å². The standard InChI is InChI=1S/C13H21NO3S/c1-4-6-10(11-7-5-8-18-11)14-9-13(2,16)12(15)17-3/h5,7-8,10,14,16H,4,6,9H2,1-3H3. The zero-order valence-corrected chi connectivity index (χ0v) is 11.9. The number of carbonyl (C=O) groups excluding carboxylic acids is 1. The highest BCUT2D eigenvalue weighted by atomic mass is 32.1. The van der Waals surface area contributed by atoms with Gasteiger partial charge in [0.1, 0.15) is 0 Å². The first-order valence-corrected chi connectivity index (χ1v) is 6.96. The maximum absolute atomic E-state index is 11.4. The van der Waals surface area contributed by atoms with Crippen LogP contribution in [0.25, 0.3) is 0 Å². The highest BCUT2D eigenvalue weighted by Crippen LogP contribution is 2.23. The van der Waals surface area contributed by atoms with Crippen LogP contribution in [0.3, 0.4) is 0 Å². The summed E-state index contributed by atoms with van der Waals surface area (Å²) in [4.78, 5) is 12.6. The van der Waals surface area contributed by atoms with Gasteiger partial charge < -0.3 is 15.2 Å². The Morgan fingerprint density at radius 1 is 1.67 bits per heavy atom. The number of carbonyl (C=O) groups is 1. The number of methoxy groups -OCH3 is 1. The van der Waals surface area contributed by atoms with Crippen molar-refractivity contribution in [2.24, 2.45) is 0 Å². The molecule has 0 fully saturated rings. The smallest absolute Gasteiger partial charge is 0.338 e. The van der Waals surface area contributed by atoms with Crippen molar-refractivity contribution in [1.29, 1.82) is 0 Å². The minimum absolute atomic E-state index is 0.172. The third kappa shape index (κ3) is 4.08. The lowest BCUT2D eigenvalue weighted by atomic mass is 10.1. The molecule has 4 nitrogen and oxygen atoms in total. The van der Waals surface area contributed by atoms with Crippen molar-refractivity contribution < 1.29 is 14.6 Å². The summed E-state index contributed by atoms with van der Waals surface area (Å²) in [7, 11) is 1.28. The minimum Gasteiger partial charge on any atom is -0.467 e. The van der Waals surface area contributed by atoms with Gasteiger partial charge in [0, 0.05) is 17.5 Å². The van der Waals surface area contributed by atoms with Crippen LogP contribution in [0.15, 0.2) is 17.5 Å². The molecule has 0 aromatic carbocycles. The summed E-state index contributed by atoms with van der Waals surface area (Å²) < 4.78 is 4.57. The van der Waals surface area contributed by atoms with Crippen LogP contribution in [0, 0.1) is 0 Å². The Morgan fingerprint density at radius 3 is 2.89 bits per heavy atom. The second kappa shape index (κ2) is 6.87. The SMILES string of the molecule is CCCC(NCC(C)(O)C(=O)OC)c1cccs1. The molecule has 18 heavy (non-hydrogen) atoms. The molecule has 1 heterocycles. The van der Waals surface area contributed by atoms with Gasteiger partial charge in [-0.2, -0.15) is 0 Å². The number of hydrogen-bond acceptors (Lipinski definition) is 5. The quantitative estimate of drug-likeness (QED) is 0.746. The molecule has 0 saturated carbocycles. The van der Waals surface area contributed by atoms with Crippen molar-refractivity contribution in [3.8, 4) is 0 Å². The molecule has 1 rings (SSSR count). The van der Waals surface area contributed by atoms with E-state index in [4.69, 9.17) is 0 Å². The zero-order chi connectivity index (χ0) is 13.6. The Labute approximate surface area is 112 Å². The second-order valence-corrected chi connectivity index (χ2v) is 5.48. The molecule has 5 heteroatoms. The predicted octanol–water partition coefficient (Wildman–Crippen LogP) is 2.10. The monoisotopic (exact) mass is 271 g/mol. The molecule has 2 atom stereocenters. The van der Waals surface area contributed by atoms with E-state index < -0.39 is 11.6 Å². The number of ether oxygens (including phenoxy) is 1. The van der Waals surface area contributed by atoms with Crippen molar-refractivity contribution in [1.82, 2.24) is 5.32 Å². The van der Waals surface area contributed by atoms with Crippen molar-refractivity contribution in [3.05, 3.63) is 22.4 Å². The van der Waals surface area contributed by atoms with Gasteiger partial charge in [-0.25, -0.2) is 4.79 Å². The highest BCUT2D eigenvalue weighted by Gasteiger charge is 2.32. The van der Waals surface area contributed by atoms with Gasteiger partial charge in [-0.3, -0.25) is 0 Å². The molecule has 102 valence electrons. The van der Waals surface area contributed by atoms with E-state index in [9.17, 15) is 9.90 Å². The summed E-state index contributed by atoms with van der Waals surface area (Å²) in [5.41, 5.74) is -1.49. The van der Waals surface area contributed by atoms with E-state index >= 15 is 0 Å². The summed E-state index contributed by atoms with van der Waals surface area (Å²) >= 11 is 1.68. The molecule has 0 radical (unpaired) electrons. The van der Waals surface area contributed by atoms with E-state index in [0.717, 1.165) is 12.8 Å². The van der Waals surface area contributed by atoms with Gasteiger partial charge in [0.2, 0.25) is 0 Å². The molecule has 0 aliphatic rings. The molecule has 1 aromatic rings. The van der Waals surface area contributed by atoms with Crippen LogP contribution in [0.2, 0.25) is 0 Å². The molecule has 0 amide bonds. The summed E-state index contributed by atoms with van der Waals surface area (Å²) in [5.74, 6) is -0.614. The van der Waals surface area contributed by atoms with Gasteiger partial charge in [0.25, 0.3) is 0 Å². The van der Waals surface area contributed by atoms with Gasteiger partial charge in [0.05, 0.1) is 7.11 Å². The van der Waals surface area contributed by atoms with E-state index in [2.05, 4.69) is 23.0 Å². The summed E-state index contributed by atoms with van der Waals surface area (Å²) in [5, 5.41) is 15.2. The van der Waals surface area contributed by atoms with E-state index in [1.54, 1.807) is 11.3 Å². The molecule has 0 saturated heterocycles. The molecular formula is C13H21NO3S. The average Bonchev–Trinajstić information content (AvgIpc) is 2.87. The highest BCUT2D eigenvalue weighted by molar-refractivity contribution is 7.10. The topological polar surface area (TPSA) is 58.6 Å². The van der Waals surface area contributed by atoms with Gasteiger partial charge in [-0.05, 0) is 24.8 Å². The summed E-state index contributed by atoms with van der Waals surface area (Å²) in [6.07, 6.45) is 2.01. The number of thiophene rings is 1. The molecule has 2 N–H and O–H groups in total. The van der Waals surface area contributed by atoms with Crippen molar-refractivity contribution >= 4 is 17.3 Å². The number of aliphatic hydroxyl groups is 1. The number of rotatable bonds is 7. The lowest BCUT2D eigenvalue weighted by Crippen LogP contribution is -2.46. The van der Waals surface area contributed by atoms with Crippen LogP contribution < -0.4 is 5.32 Å². The first kappa shape index (κ1) is 15.1. The lowest BCUT2D eigenvalue weighted by molar-refractivity contribution is -0.160. The lowest BCUT2D eigenvalue weighted by Gasteiger charge is -2.24. The van der Waals surface area contributed by atoms with Gasteiger partial charge in [-0.15, -0.1) is 11.3 Å². The minimum atomic E-state index is -1.49. The normalized spacial score (nSPS) is 16.0. The van der Waals surface area contributed by atoms with Crippen LogP contribution in [0.5, 0.6) is 0 Å². The molecular weight excluding hydrogens is 250 g/mol. The van der Waals surface area contributed by atoms with Crippen LogP contribution >= 0.6 is 11.3 Å². The molecule has 0 aliphatic carbocycles. The Hall–Kier alpha value is -0.910. The Kier molecular flexibility index (Phi) is 5.78. The van der Waals surface area contributed by atoms with Crippen molar-refractivity contribution in [2.75, 3.05) is 13.7 Å². The van der Waals surface area contributed by atoms with E-state index in [0.29, 0.717) is 0 Å². The van der Waals surface area contributed by atoms with E-state index in [-0.39, 0.29) is 12.6 Å². The van der Waals surface area contributed by atoms with Crippen LogP contribution in [0.4, 0.5) is 0 Å².